The topological polar surface area (TPSA) is 55.6 Å². The highest BCUT2D eigenvalue weighted by atomic mass is 16.5. The summed E-state index contributed by atoms with van der Waals surface area (Å²) in [6, 6.07) is 7.63. The monoisotopic (exact) mass is 327 g/mol. The zero-order valence-electron chi connectivity index (χ0n) is 14.2. The molecule has 1 atom stereocenters. The molecule has 0 amide bonds. The molecule has 2 aromatic rings. The van der Waals surface area contributed by atoms with Gasteiger partial charge in [-0.05, 0) is 50.2 Å². The van der Waals surface area contributed by atoms with Crippen LogP contribution < -0.4 is 5.32 Å². The number of aryl methyl sites for hydroxylation is 1. The first kappa shape index (κ1) is 16.7. The predicted octanol–water partition coefficient (Wildman–Crippen LogP) is 2.33. The molecular weight excluding hydrogens is 302 g/mol. The van der Waals surface area contributed by atoms with Gasteiger partial charge in [-0.3, -0.25) is 4.99 Å². The van der Waals surface area contributed by atoms with Crippen molar-refractivity contribution in [1.82, 2.24) is 9.88 Å². The summed E-state index contributed by atoms with van der Waals surface area (Å²) in [5, 5.41) is 4.47. The van der Waals surface area contributed by atoms with E-state index in [4.69, 9.17) is 4.74 Å². The largest absolute Gasteiger partial charge is 0.464 e. The highest BCUT2D eigenvalue weighted by Crippen LogP contribution is 2.22. The molecule has 5 nitrogen and oxygen atoms in total. The number of hydrogen-bond acceptors (Lipinski definition) is 4. The Bertz CT molecular complexity index is 716. The van der Waals surface area contributed by atoms with Crippen LogP contribution in [0, 0.1) is 5.92 Å². The van der Waals surface area contributed by atoms with Crippen LogP contribution in [-0.2, 0) is 23.0 Å². The maximum atomic E-state index is 12.4. The number of fused-ring (bicyclic) bond motifs is 1. The van der Waals surface area contributed by atoms with Gasteiger partial charge in [0, 0.05) is 30.6 Å². The van der Waals surface area contributed by atoms with Crippen LogP contribution in [0.5, 0.6) is 0 Å². The van der Waals surface area contributed by atoms with Gasteiger partial charge in [0.15, 0.2) is 6.04 Å². The fourth-order valence-corrected chi connectivity index (χ4v) is 3.36. The Balaban J connectivity index is 1.64. The van der Waals surface area contributed by atoms with Gasteiger partial charge < -0.3 is 14.6 Å². The summed E-state index contributed by atoms with van der Waals surface area (Å²) < 4.78 is 7.59. The summed E-state index contributed by atoms with van der Waals surface area (Å²) in [5.41, 5.74) is 2.25. The van der Waals surface area contributed by atoms with E-state index < -0.39 is 6.04 Å². The van der Waals surface area contributed by atoms with Crippen LogP contribution in [0.3, 0.4) is 0 Å². The van der Waals surface area contributed by atoms with E-state index in [1.165, 1.54) is 0 Å². The van der Waals surface area contributed by atoms with E-state index in [1.54, 1.807) is 0 Å². The first-order valence-corrected chi connectivity index (χ1v) is 8.55. The molecule has 5 heteroatoms. The van der Waals surface area contributed by atoms with Gasteiger partial charge in [0.2, 0.25) is 0 Å². The third-order valence-corrected chi connectivity index (χ3v) is 4.81. The molecule has 0 bridgehead atoms. The number of piperidine rings is 1. The number of rotatable bonds is 6. The number of carbonyl (C=O) groups excluding carboxylic acids is 1. The molecule has 24 heavy (non-hydrogen) atoms. The number of esters is 1. The van der Waals surface area contributed by atoms with Gasteiger partial charge in [-0.25, -0.2) is 4.79 Å². The van der Waals surface area contributed by atoms with Crippen molar-refractivity contribution >= 4 is 23.6 Å². The molecular formula is C19H25N3O2. The van der Waals surface area contributed by atoms with Crippen LogP contribution in [0.4, 0.5) is 0 Å². The highest BCUT2D eigenvalue weighted by Gasteiger charge is 2.22. The van der Waals surface area contributed by atoms with E-state index in [1.807, 2.05) is 19.2 Å². The first-order valence-electron chi connectivity index (χ1n) is 8.55. The van der Waals surface area contributed by atoms with Gasteiger partial charge in [0.05, 0.1) is 6.61 Å². The van der Waals surface area contributed by atoms with E-state index in [0.717, 1.165) is 42.4 Å². The van der Waals surface area contributed by atoms with Crippen molar-refractivity contribution in [3.63, 3.8) is 0 Å². The Labute approximate surface area is 142 Å². The summed E-state index contributed by atoms with van der Waals surface area (Å²) >= 11 is 0. The molecule has 1 N–H and O–H groups in total. The van der Waals surface area contributed by atoms with Crippen molar-refractivity contribution in [2.75, 3.05) is 19.7 Å². The van der Waals surface area contributed by atoms with E-state index in [9.17, 15) is 4.79 Å². The molecule has 1 aromatic carbocycles. The SMILES string of the molecule is C=N[C@H](Cc1cn(C)c2ccccc12)C(=O)OCC1CCNCC1. The van der Waals surface area contributed by atoms with Crippen molar-refractivity contribution in [1.29, 1.82) is 0 Å². The van der Waals surface area contributed by atoms with Crippen LogP contribution in [-0.4, -0.2) is 43.0 Å². The lowest BCUT2D eigenvalue weighted by Gasteiger charge is -2.22. The third kappa shape index (κ3) is 3.67. The standard InChI is InChI=1S/C19H25N3O2/c1-20-17(19(23)24-13-14-7-9-21-10-8-14)11-15-12-22(2)18-6-4-3-5-16(15)18/h3-6,12,14,17,21H,1,7-11,13H2,2H3/t17-/m1/s1. The summed E-state index contributed by atoms with van der Waals surface area (Å²) in [6.45, 7) is 6.08. The zero-order chi connectivity index (χ0) is 16.9. The number of aliphatic imine (C=N–C) groups is 1. The van der Waals surface area contributed by atoms with Gasteiger partial charge in [-0.1, -0.05) is 18.2 Å². The van der Waals surface area contributed by atoms with Gasteiger partial charge >= 0.3 is 5.97 Å². The van der Waals surface area contributed by atoms with Crippen molar-refractivity contribution in [3.05, 3.63) is 36.0 Å². The quantitative estimate of drug-likeness (QED) is 0.654. The summed E-state index contributed by atoms with van der Waals surface area (Å²) in [5.74, 6) is 0.190. The van der Waals surface area contributed by atoms with Crippen LogP contribution in [0.1, 0.15) is 18.4 Å². The molecule has 1 aliphatic rings. The van der Waals surface area contributed by atoms with Crippen molar-refractivity contribution in [2.45, 2.75) is 25.3 Å². The average Bonchev–Trinajstić information content (AvgIpc) is 2.94. The van der Waals surface area contributed by atoms with Crippen molar-refractivity contribution < 1.29 is 9.53 Å². The van der Waals surface area contributed by atoms with E-state index in [-0.39, 0.29) is 5.97 Å². The molecule has 1 aromatic heterocycles. The van der Waals surface area contributed by atoms with E-state index in [2.05, 4.69) is 39.9 Å². The van der Waals surface area contributed by atoms with Crippen molar-refractivity contribution in [3.8, 4) is 0 Å². The van der Waals surface area contributed by atoms with Crippen molar-refractivity contribution in [2.24, 2.45) is 18.0 Å². The van der Waals surface area contributed by atoms with Crippen LogP contribution in [0.2, 0.25) is 0 Å². The van der Waals surface area contributed by atoms with Crippen LogP contribution >= 0.6 is 0 Å². The molecule has 0 unspecified atom stereocenters. The van der Waals surface area contributed by atoms with E-state index >= 15 is 0 Å². The number of ether oxygens (including phenoxy) is 1. The number of hydrogen-bond donors (Lipinski definition) is 1. The summed E-state index contributed by atoms with van der Waals surface area (Å²) in [7, 11) is 2.01. The Kier molecular flexibility index (Phi) is 5.30. The van der Waals surface area contributed by atoms with Gasteiger partial charge in [0.1, 0.15) is 0 Å². The zero-order valence-corrected chi connectivity index (χ0v) is 14.2. The number of nitrogens with one attached hydrogen (secondary N) is 1. The molecule has 3 rings (SSSR count). The Morgan fingerprint density at radius 3 is 2.92 bits per heavy atom. The number of nitrogens with zero attached hydrogens (tertiary/aromatic N) is 2. The van der Waals surface area contributed by atoms with Gasteiger partial charge in [-0.15, -0.1) is 0 Å². The Morgan fingerprint density at radius 1 is 1.42 bits per heavy atom. The second-order valence-corrected chi connectivity index (χ2v) is 6.51. The number of benzene rings is 1. The summed E-state index contributed by atoms with van der Waals surface area (Å²) in [6.07, 6.45) is 4.70. The fraction of sp³-hybridized carbons (Fsp3) is 0.474. The smallest absolute Gasteiger partial charge is 0.331 e. The summed E-state index contributed by atoms with van der Waals surface area (Å²) in [4.78, 5) is 16.4. The fourth-order valence-electron chi connectivity index (χ4n) is 3.36. The van der Waals surface area contributed by atoms with Gasteiger partial charge in [-0.2, -0.15) is 0 Å². The molecule has 128 valence electrons. The molecule has 1 aliphatic heterocycles. The molecule has 0 spiro atoms. The number of aromatic nitrogens is 1. The van der Waals surface area contributed by atoms with Gasteiger partial charge in [0.25, 0.3) is 0 Å². The normalized spacial score (nSPS) is 16.9. The molecule has 0 saturated carbocycles. The minimum atomic E-state index is -0.544. The number of carbonyl (C=O) groups is 1. The van der Waals surface area contributed by atoms with E-state index in [0.29, 0.717) is 18.9 Å². The van der Waals surface area contributed by atoms with Crippen LogP contribution in [0.15, 0.2) is 35.5 Å². The third-order valence-electron chi connectivity index (χ3n) is 4.81. The Morgan fingerprint density at radius 2 is 2.17 bits per heavy atom. The van der Waals surface area contributed by atoms with Crippen LogP contribution in [0.25, 0.3) is 10.9 Å². The lowest BCUT2D eigenvalue weighted by molar-refractivity contribution is -0.146. The second kappa shape index (κ2) is 7.62. The maximum Gasteiger partial charge on any atom is 0.331 e. The minimum absolute atomic E-state index is 0.267. The number of para-hydroxylation sites is 1. The average molecular weight is 327 g/mol. The molecule has 2 heterocycles. The Hall–Kier alpha value is -2.14. The minimum Gasteiger partial charge on any atom is -0.464 e. The lowest BCUT2D eigenvalue weighted by Crippen LogP contribution is -2.32. The second-order valence-electron chi connectivity index (χ2n) is 6.51. The maximum absolute atomic E-state index is 12.4. The molecule has 1 saturated heterocycles. The lowest BCUT2D eigenvalue weighted by atomic mass is 9.99. The molecule has 1 fully saturated rings. The first-order chi connectivity index (χ1) is 11.7. The highest BCUT2D eigenvalue weighted by molar-refractivity contribution is 5.85. The molecule has 0 aliphatic carbocycles. The predicted molar refractivity (Wildman–Crippen MR) is 96.5 cm³/mol. The molecule has 0 radical (unpaired) electrons.